The third-order valence-electron chi connectivity index (χ3n) is 3.94. The molecule has 116 valence electrons. The van der Waals surface area contributed by atoms with E-state index in [1.54, 1.807) is 0 Å². The zero-order valence-corrected chi connectivity index (χ0v) is 12.8. The molecule has 4 nitrogen and oxygen atoms in total. The Bertz CT molecular complexity index is 461. The Morgan fingerprint density at radius 1 is 1.43 bits per heavy atom. The SMILES string of the molecule is Cc1cccc(OCCCCC(=O)N2CCC(CO)C2)c1. The molecule has 2 rings (SSSR count). The van der Waals surface area contributed by atoms with E-state index < -0.39 is 0 Å². The monoisotopic (exact) mass is 291 g/mol. The first kappa shape index (κ1) is 15.8. The molecular formula is C17H25NO3. The lowest BCUT2D eigenvalue weighted by molar-refractivity contribution is -0.130. The summed E-state index contributed by atoms with van der Waals surface area (Å²) in [6, 6.07) is 8.00. The van der Waals surface area contributed by atoms with Crippen LogP contribution in [-0.4, -0.2) is 42.2 Å². The van der Waals surface area contributed by atoms with Gasteiger partial charge in [-0.2, -0.15) is 0 Å². The first-order chi connectivity index (χ1) is 10.2. The summed E-state index contributed by atoms with van der Waals surface area (Å²) in [6.07, 6.45) is 3.25. The predicted molar refractivity (Wildman–Crippen MR) is 82.3 cm³/mol. The fourth-order valence-corrected chi connectivity index (χ4v) is 2.64. The molecule has 0 radical (unpaired) electrons. The number of aryl methyl sites for hydroxylation is 1. The summed E-state index contributed by atoms with van der Waals surface area (Å²) in [5.74, 6) is 1.38. The molecule has 0 saturated carbocycles. The quantitative estimate of drug-likeness (QED) is 0.785. The zero-order valence-electron chi connectivity index (χ0n) is 12.8. The maximum atomic E-state index is 12.0. The highest BCUT2D eigenvalue weighted by atomic mass is 16.5. The average molecular weight is 291 g/mol. The third kappa shape index (κ3) is 5.05. The number of nitrogens with zero attached hydrogens (tertiary/aromatic N) is 1. The molecule has 1 aromatic rings. The van der Waals surface area contributed by atoms with Crippen molar-refractivity contribution >= 4 is 5.91 Å². The normalized spacial score (nSPS) is 18.0. The molecule has 1 fully saturated rings. The molecule has 0 aliphatic carbocycles. The van der Waals surface area contributed by atoms with Crippen LogP contribution in [0.1, 0.15) is 31.2 Å². The van der Waals surface area contributed by atoms with Crippen LogP contribution in [0.4, 0.5) is 0 Å². The highest BCUT2D eigenvalue weighted by Gasteiger charge is 2.24. The molecule has 1 aliphatic rings. The predicted octanol–water partition coefficient (Wildman–Crippen LogP) is 2.38. The molecular weight excluding hydrogens is 266 g/mol. The van der Waals surface area contributed by atoms with Crippen LogP contribution in [0.2, 0.25) is 0 Å². The Labute approximate surface area is 126 Å². The van der Waals surface area contributed by atoms with Gasteiger partial charge in [-0.3, -0.25) is 4.79 Å². The maximum absolute atomic E-state index is 12.0. The first-order valence-corrected chi connectivity index (χ1v) is 7.77. The fraction of sp³-hybridized carbons (Fsp3) is 0.588. The van der Waals surface area contributed by atoms with E-state index >= 15 is 0 Å². The van der Waals surface area contributed by atoms with E-state index in [1.165, 1.54) is 5.56 Å². The van der Waals surface area contributed by atoms with Gasteiger partial charge in [-0.05, 0) is 43.9 Å². The van der Waals surface area contributed by atoms with Crippen molar-refractivity contribution in [3.63, 3.8) is 0 Å². The highest BCUT2D eigenvalue weighted by molar-refractivity contribution is 5.76. The molecule has 0 aromatic heterocycles. The van der Waals surface area contributed by atoms with Gasteiger partial charge in [0.05, 0.1) is 6.61 Å². The Hall–Kier alpha value is -1.55. The van der Waals surface area contributed by atoms with Crippen LogP contribution in [-0.2, 0) is 4.79 Å². The van der Waals surface area contributed by atoms with Crippen molar-refractivity contribution in [2.45, 2.75) is 32.6 Å². The number of benzene rings is 1. The molecule has 0 bridgehead atoms. The molecule has 1 saturated heterocycles. The molecule has 1 aromatic carbocycles. The van der Waals surface area contributed by atoms with Crippen molar-refractivity contribution in [1.29, 1.82) is 0 Å². The lowest BCUT2D eigenvalue weighted by atomic mass is 10.1. The van der Waals surface area contributed by atoms with Gasteiger partial charge in [0.1, 0.15) is 5.75 Å². The van der Waals surface area contributed by atoms with Crippen LogP contribution in [0.3, 0.4) is 0 Å². The molecule has 1 amide bonds. The van der Waals surface area contributed by atoms with E-state index in [2.05, 4.69) is 0 Å². The maximum Gasteiger partial charge on any atom is 0.222 e. The standard InChI is InChI=1S/C17H25NO3/c1-14-5-4-6-16(11-14)21-10-3-2-7-17(20)18-9-8-15(12-18)13-19/h4-6,11,15,19H,2-3,7-10,12-13H2,1H3. The number of hydrogen-bond donors (Lipinski definition) is 1. The molecule has 1 N–H and O–H groups in total. The summed E-state index contributed by atoms with van der Waals surface area (Å²) in [4.78, 5) is 13.9. The topological polar surface area (TPSA) is 49.8 Å². The number of amides is 1. The van der Waals surface area contributed by atoms with Crippen LogP contribution in [0, 0.1) is 12.8 Å². The van der Waals surface area contributed by atoms with Crippen LogP contribution in [0.15, 0.2) is 24.3 Å². The summed E-state index contributed by atoms with van der Waals surface area (Å²) in [5.41, 5.74) is 1.19. The van der Waals surface area contributed by atoms with Gasteiger partial charge in [0.25, 0.3) is 0 Å². The second kappa shape index (κ2) is 8.03. The zero-order chi connectivity index (χ0) is 15.1. The van der Waals surface area contributed by atoms with Crippen molar-refractivity contribution in [3.05, 3.63) is 29.8 Å². The molecule has 0 spiro atoms. The van der Waals surface area contributed by atoms with Gasteiger partial charge in [-0.1, -0.05) is 12.1 Å². The summed E-state index contributed by atoms with van der Waals surface area (Å²) >= 11 is 0. The number of carbonyl (C=O) groups excluding carboxylic acids is 1. The summed E-state index contributed by atoms with van der Waals surface area (Å²) < 4.78 is 5.67. The number of aliphatic hydroxyl groups excluding tert-OH is 1. The molecule has 21 heavy (non-hydrogen) atoms. The Morgan fingerprint density at radius 3 is 3.00 bits per heavy atom. The van der Waals surface area contributed by atoms with Crippen molar-refractivity contribution in [1.82, 2.24) is 4.90 Å². The van der Waals surface area contributed by atoms with Crippen LogP contribution >= 0.6 is 0 Å². The first-order valence-electron chi connectivity index (χ1n) is 7.77. The van der Waals surface area contributed by atoms with E-state index in [0.29, 0.717) is 13.0 Å². The van der Waals surface area contributed by atoms with Crippen molar-refractivity contribution in [2.75, 3.05) is 26.3 Å². The molecule has 1 aliphatic heterocycles. The van der Waals surface area contributed by atoms with Crippen molar-refractivity contribution < 1.29 is 14.6 Å². The smallest absolute Gasteiger partial charge is 0.222 e. The number of likely N-dealkylation sites (tertiary alicyclic amines) is 1. The Balaban J connectivity index is 1.58. The second-order valence-electron chi connectivity index (χ2n) is 5.80. The van der Waals surface area contributed by atoms with Gasteiger partial charge < -0.3 is 14.7 Å². The lowest BCUT2D eigenvalue weighted by Gasteiger charge is -2.16. The van der Waals surface area contributed by atoms with Gasteiger partial charge in [0.15, 0.2) is 0 Å². The fourth-order valence-electron chi connectivity index (χ4n) is 2.64. The number of ether oxygens (including phenoxy) is 1. The summed E-state index contributed by atoms with van der Waals surface area (Å²) in [7, 11) is 0. The van der Waals surface area contributed by atoms with E-state index in [-0.39, 0.29) is 18.4 Å². The third-order valence-corrected chi connectivity index (χ3v) is 3.94. The van der Waals surface area contributed by atoms with E-state index in [9.17, 15) is 4.79 Å². The van der Waals surface area contributed by atoms with E-state index in [4.69, 9.17) is 9.84 Å². The van der Waals surface area contributed by atoms with Gasteiger partial charge in [0.2, 0.25) is 5.91 Å². The van der Waals surface area contributed by atoms with Crippen LogP contribution in [0.25, 0.3) is 0 Å². The van der Waals surface area contributed by atoms with Crippen molar-refractivity contribution in [2.24, 2.45) is 5.92 Å². The number of aliphatic hydroxyl groups is 1. The number of carbonyl (C=O) groups is 1. The summed E-state index contributed by atoms with van der Waals surface area (Å²) in [6.45, 7) is 4.39. The molecule has 1 heterocycles. The number of rotatable bonds is 7. The Kier molecular flexibility index (Phi) is 6.05. The van der Waals surface area contributed by atoms with E-state index in [0.717, 1.165) is 38.1 Å². The minimum absolute atomic E-state index is 0.189. The van der Waals surface area contributed by atoms with Gasteiger partial charge in [-0.25, -0.2) is 0 Å². The lowest BCUT2D eigenvalue weighted by Crippen LogP contribution is -2.28. The van der Waals surface area contributed by atoms with Gasteiger partial charge in [0, 0.05) is 32.0 Å². The minimum atomic E-state index is 0.189. The average Bonchev–Trinajstić information content (AvgIpc) is 2.96. The second-order valence-corrected chi connectivity index (χ2v) is 5.80. The van der Waals surface area contributed by atoms with Gasteiger partial charge >= 0.3 is 0 Å². The largest absolute Gasteiger partial charge is 0.494 e. The Morgan fingerprint density at radius 2 is 2.29 bits per heavy atom. The number of hydrogen-bond acceptors (Lipinski definition) is 3. The minimum Gasteiger partial charge on any atom is -0.494 e. The number of unbranched alkanes of at least 4 members (excludes halogenated alkanes) is 1. The highest BCUT2D eigenvalue weighted by Crippen LogP contribution is 2.17. The summed E-state index contributed by atoms with van der Waals surface area (Å²) in [5, 5.41) is 9.08. The van der Waals surface area contributed by atoms with Gasteiger partial charge in [-0.15, -0.1) is 0 Å². The van der Waals surface area contributed by atoms with E-state index in [1.807, 2.05) is 36.1 Å². The van der Waals surface area contributed by atoms with Crippen molar-refractivity contribution in [3.8, 4) is 5.75 Å². The molecule has 4 heteroatoms. The van der Waals surface area contributed by atoms with Crippen LogP contribution < -0.4 is 4.74 Å². The van der Waals surface area contributed by atoms with Crippen LogP contribution in [0.5, 0.6) is 5.75 Å². The molecule has 1 unspecified atom stereocenters. The molecule has 1 atom stereocenters.